The SMILES string of the molecule is CCOc1ccc(C[C@H](NC(=O)OC(C)(C)C)C(=O)N[C@@H](CCCCN=C(N)N)C(=O)OC)cc1. The van der Waals surface area contributed by atoms with Gasteiger partial charge in [-0.15, -0.1) is 0 Å². The monoisotopic (exact) mass is 493 g/mol. The zero-order valence-electron chi connectivity index (χ0n) is 21.3. The molecule has 0 aliphatic rings. The van der Waals surface area contributed by atoms with Gasteiger partial charge in [0, 0.05) is 13.0 Å². The number of carbonyl (C=O) groups excluding carboxylic acids is 3. The summed E-state index contributed by atoms with van der Waals surface area (Å²) in [5, 5.41) is 5.30. The van der Waals surface area contributed by atoms with Crippen LogP contribution in [0.4, 0.5) is 4.79 Å². The summed E-state index contributed by atoms with van der Waals surface area (Å²) in [7, 11) is 1.25. The molecule has 1 aromatic rings. The summed E-state index contributed by atoms with van der Waals surface area (Å²) in [5.74, 6) is -0.432. The van der Waals surface area contributed by atoms with Crippen LogP contribution in [0, 0.1) is 0 Å². The van der Waals surface area contributed by atoms with Crippen molar-refractivity contribution in [3.8, 4) is 5.75 Å². The van der Waals surface area contributed by atoms with Crippen LogP contribution in [0.1, 0.15) is 52.5 Å². The van der Waals surface area contributed by atoms with Crippen molar-refractivity contribution in [3.05, 3.63) is 29.8 Å². The van der Waals surface area contributed by atoms with Crippen LogP contribution >= 0.6 is 0 Å². The van der Waals surface area contributed by atoms with Gasteiger partial charge in [-0.2, -0.15) is 0 Å². The first kappa shape index (κ1) is 29.5. The summed E-state index contributed by atoms with van der Waals surface area (Å²) in [4.78, 5) is 41.8. The van der Waals surface area contributed by atoms with E-state index in [1.807, 2.05) is 19.1 Å². The van der Waals surface area contributed by atoms with E-state index in [9.17, 15) is 14.4 Å². The maximum atomic E-state index is 13.2. The second-order valence-electron chi connectivity index (χ2n) is 8.87. The number of methoxy groups -OCH3 is 1. The van der Waals surface area contributed by atoms with Crippen LogP contribution in [0.2, 0.25) is 0 Å². The number of hydrogen-bond acceptors (Lipinski definition) is 7. The highest BCUT2D eigenvalue weighted by Gasteiger charge is 2.29. The summed E-state index contributed by atoms with van der Waals surface area (Å²) in [5.41, 5.74) is 10.7. The van der Waals surface area contributed by atoms with Crippen LogP contribution in [-0.2, 0) is 25.5 Å². The van der Waals surface area contributed by atoms with Gasteiger partial charge in [0.2, 0.25) is 5.91 Å². The minimum Gasteiger partial charge on any atom is -0.494 e. The number of nitrogens with two attached hydrogens (primary N) is 2. The number of rotatable bonds is 13. The van der Waals surface area contributed by atoms with Crippen LogP contribution in [-0.4, -0.2) is 61.9 Å². The van der Waals surface area contributed by atoms with Gasteiger partial charge in [-0.3, -0.25) is 9.79 Å². The lowest BCUT2D eigenvalue weighted by Gasteiger charge is -2.25. The van der Waals surface area contributed by atoms with Gasteiger partial charge in [0.1, 0.15) is 23.4 Å². The van der Waals surface area contributed by atoms with Crippen LogP contribution < -0.4 is 26.8 Å². The fraction of sp³-hybridized carbons (Fsp3) is 0.583. The van der Waals surface area contributed by atoms with Crippen molar-refractivity contribution in [2.75, 3.05) is 20.3 Å². The second-order valence-corrected chi connectivity index (χ2v) is 8.87. The molecule has 0 aromatic heterocycles. The third kappa shape index (κ3) is 12.5. The van der Waals surface area contributed by atoms with E-state index in [0.717, 1.165) is 5.56 Å². The van der Waals surface area contributed by atoms with Crippen LogP contribution in [0.15, 0.2) is 29.3 Å². The molecule has 0 unspecified atom stereocenters. The van der Waals surface area contributed by atoms with Crippen molar-refractivity contribution >= 4 is 23.9 Å². The second kappa shape index (κ2) is 14.7. The highest BCUT2D eigenvalue weighted by Crippen LogP contribution is 2.15. The van der Waals surface area contributed by atoms with Gasteiger partial charge in [-0.1, -0.05) is 12.1 Å². The quantitative estimate of drug-likeness (QED) is 0.139. The van der Waals surface area contributed by atoms with Crippen molar-refractivity contribution in [2.24, 2.45) is 16.5 Å². The summed E-state index contributed by atoms with van der Waals surface area (Å²) in [6.07, 6.45) is 0.944. The maximum absolute atomic E-state index is 13.2. The van der Waals surface area contributed by atoms with E-state index in [1.165, 1.54) is 7.11 Å². The zero-order valence-corrected chi connectivity index (χ0v) is 21.3. The molecule has 0 bridgehead atoms. The molecule has 2 atom stereocenters. The zero-order chi connectivity index (χ0) is 26.4. The average Bonchev–Trinajstić information content (AvgIpc) is 2.77. The number of benzene rings is 1. The number of unbranched alkanes of at least 4 members (excludes halogenated alkanes) is 1. The predicted molar refractivity (Wildman–Crippen MR) is 133 cm³/mol. The van der Waals surface area contributed by atoms with E-state index in [1.54, 1.807) is 32.9 Å². The van der Waals surface area contributed by atoms with E-state index < -0.39 is 35.7 Å². The lowest BCUT2D eigenvalue weighted by Crippen LogP contribution is -2.53. The Morgan fingerprint density at radius 2 is 1.69 bits per heavy atom. The summed E-state index contributed by atoms with van der Waals surface area (Å²) in [6.45, 7) is 8.00. The highest BCUT2D eigenvalue weighted by atomic mass is 16.6. The van der Waals surface area contributed by atoms with Crippen LogP contribution in [0.25, 0.3) is 0 Å². The Kier molecular flexibility index (Phi) is 12.4. The van der Waals surface area contributed by atoms with E-state index in [0.29, 0.717) is 38.2 Å². The molecule has 0 aliphatic heterocycles. The first-order valence-corrected chi connectivity index (χ1v) is 11.6. The molecule has 196 valence electrons. The Bertz CT molecular complexity index is 847. The minimum absolute atomic E-state index is 0.00632. The van der Waals surface area contributed by atoms with Crippen molar-refractivity contribution < 1.29 is 28.6 Å². The molecule has 1 aromatic carbocycles. The fourth-order valence-corrected chi connectivity index (χ4v) is 3.12. The standard InChI is InChI=1S/C24H39N5O6/c1-6-34-17-12-10-16(11-13-17)15-19(29-23(32)35-24(2,3)4)20(30)28-18(21(31)33-5)9-7-8-14-27-22(25)26/h10-13,18-19H,6-9,14-15H2,1-5H3,(H,28,30)(H,29,32)(H4,25,26,27)/t18-,19-/m0/s1. The minimum atomic E-state index is -0.989. The number of nitrogens with zero attached hydrogens (tertiary/aromatic N) is 1. The van der Waals surface area contributed by atoms with Gasteiger partial charge in [-0.05, 0) is 64.7 Å². The first-order chi connectivity index (χ1) is 16.4. The molecule has 0 spiro atoms. The predicted octanol–water partition coefficient (Wildman–Crippen LogP) is 1.62. The summed E-state index contributed by atoms with van der Waals surface area (Å²) >= 11 is 0. The van der Waals surface area contributed by atoms with Crippen LogP contribution in [0.3, 0.4) is 0 Å². The van der Waals surface area contributed by atoms with E-state index in [-0.39, 0.29) is 12.4 Å². The van der Waals surface area contributed by atoms with Gasteiger partial charge in [-0.25, -0.2) is 9.59 Å². The number of esters is 1. The smallest absolute Gasteiger partial charge is 0.408 e. The number of guanidine groups is 1. The van der Waals surface area contributed by atoms with E-state index in [2.05, 4.69) is 15.6 Å². The Labute approximate surface area is 207 Å². The molecule has 2 amide bonds. The molecular formula is C24H39N5O6. The lowest BCUT2D eigenvalue weighted by atomic mass is 10.0. The topological polar surface area (TPSA) is 167 Å². The average molecular weight is 494 g/mol. The third-order valence-electron chi connectivity index (χ3n) is 4.68. The molecular weight excluding hydrogens is 454 g/mol. The van der Waals surface area contributed by atoms with E-state index >= 15 is 0 Å². The molecule has 1 rings (SSSR count). The van der Waals surface area contributed by atoms with Crippen molar-refractivity contribution in [2.45, 2.75) is 71.1 Å². The number of carbonyl (C=O) groups is 3. The highest BCUT2D eigenvalue weighted by molar-refractivity contribution is 5.89. The summed E-state index contributed by atoms with van der Waals surface area (Å²) < 4.78 is 15.6. The van der Waals surface area contributed by atoms with Gasteiger partial charge < -0.3 is 36.3 Å². The number of hydrogen-bond donors (Lipinski definition) is 4. The normalized spacial score (nSPS) is 12.6. The number of ether oxygens (including phenoxy) is 3. The largest absolute Gasteiger partial charge is 0.494 e. The molecule has 0 fully saturated rings. The molecule has 6 N–H and O–H groups in total. The lowest BCUT2D eigenvalue weighted by molar-refractivity contribution is -0.145. The Morgan fingerprint density at radius 3 is 2.23 bits per heavy atom. The molecule has 0 aliphatic carbocycles. The fourth-order valence-electron chi connectivity index (χ4n) is 3.12. The molecule has 0 radical (unpaired) electrons. The number of amides is 2. The van der Waals surface area contributed by atoms with Crippen LogP contribution in [0.5, 0.6) is 5.75 Å². The van der Waals surface area contributed by atoms with Gasteiger partial charge in [0.15, 0.2) is 5.96 Å². The molecule has 11 heteroatoms. The molecule has 0 heterocycles. The maximum Gasteiger partial charge on any atom is 0.408 e. The summed E-state index contributed by atoms with van der Waals surface area (Å²) in [6, 6.07) is 5.31. The number of alkyl carbamates (subject to hydrolysis) is 1. The molecule has 35 heavy (non-hydrogen) atoms. The first-order valence-electron chi connectivity index (χ1n) is 11.6. The Morgan fingerprint density at radius 1 is 1.03 bits per heavy atom. The Balaban J connectivity index is 2.95. The van der Waals surface area contributed by atoms with Gasteiger partial charge in [0.05, 0.1) is 13.7 Å². The van der Waals surface area contributed by atoms with E-state index in [4.69, 9.17) is 25.7 Å². The molecule has 11 nitrogen and oxygen atoms in total. The van der Waals surface area contributed by atoms with Gasteiger partial charge in [0.25, 0.3) is 0 Å². The van der Waals surface area contributed by atoms with Crippen molar-refractivity contribution in [1.29, 1.82) is 0 Å². The van der Waals surface area contributed by atoms with Gasteiger partial charge >= 0.3 is 12.1 Å². The number of nitrogens with one attached hydrogen (secondary N) is 2. The Hall–Kier alpha value is -3.50. The third-order valence-corrected chi connectivity index (χ3v) is 4.68. The van der Waals surface area contributed by atoms with Crippen molar-refractivity contribution in [3.63, 3.8) is 0 Å². The molecule has 0 saturated heterocycles. The molecule has 0 saturated carbocycles. The van der Waals surface area contributed by atoms with Crippen molar-refractivity contribution in [1.82, 2.24) is 10.6 Å². The number of aliphatic imine (C=N–C) groups is 1.